The minimum Gasteiger partial charge on any atom is -0.466 e. The first kappa shape index (κ1) is 9.97. The Balaban J connectivity index is 2.30. The molecule has 1 unspecified atom stereocenters. The Labute approximate surface area is 89.6 Å². The normalized spacial score (nSPS) is 23.7. The number of ether oxygens (including phenoxy) is 1. The Kier molecular flexibility index (Phi) is 2.86. The van der Waals surface area contributed by atoms with Crippen LogP contribution in [-0.2, 0) is 9.53 Å². The lowest BCUT2D eigenvalue weighted by molar-refractivity contribution is -0.136. The van der Waals surface area contributed by atoms with Gasteiger partial charge >= 0.3 is 5.97 Å². The van der Waals surface area contributed by atoms with Crippen molar-refractivity contribution in [3.8, 4) is 0 Å². The molecule has 0 aliphatic heterocycles. The highest BCUT2D eigenvalue weighted by Crippen LogP contribution is 2.31. The molecule has 0 heterocycles. The first-order valence-corrected chi connectivity index (χ1v) is 5.12. The summed E-state index contributed by atoms with van der Waals surface area (Å²) in [5.74, 6) is -0.0179. The van der Waals surface area contributed by atoms with E-state index in [-0.39, 0.29) is 11.9 Å². The van der Waals surface area contributed by atoms with Crippen LogP contribution in [0.5, 0.6) is 0 Å². The first-order chi connectivity index (χ1) is 7.31. The van der Waals surface area contributed by atoms with E-state index in [1.807, 2.05) is 24.3 Å². The zero-order chi connectivity index (χ0) is 10.7. The molecule has 0 fully saturated rings. The fourth-order valence-corrected chi connectivity index (χ4v) is 1.98. The van der Waals surface area contributed by atoms with Gasteiger partial charge in [0.05, 0.1) is 7.11 Å². The lowest BCUT2D eigenvalue weighted by atomic mass is 9.83. The number of esters is 1. The van der Waals surface area contributed by atoms with Crippen LogP contribution in [0.25, 0.3) is 0 Å². The summed E-state index contributed by atoms with van der Waals surface area (Å²) in [4.78, 5) is 11.5. The second-order valence-corrected chi connectivity index (χ2v) is 3.76. The van der Waals surface area contributed by atoms with Crippen molar-refractivity contribution in [1.29, 1.82) is 0 Å². The molecule has 15 heavy (non-hydrogen) atoms. The molecule has 1 atom stereocenters. The van der Waals surface area contributed by atoms with Crippen molar-refractivity contribution in [1.82, 2.24) is 0 Å². The lowest BCUT2D eigenvalue weighted by Gasteiger charge is -2.22. The highest BCUT2D eigenvalue weighted by atomic mass is 16.5. The average molecular weight is 202 g/mol. The number of hydrogen-bond donors (Lipinski definition) is 0. The first-order valence-electron chi connectivity index (χ1n) is 5.12. The molecule has 0 aromatic carbocycles. The van der Waals surface area contributed by atoms with Crippen molar-refractivity contribution in [2.24, 2.45) is 5.92 Å². The van der Waals surface area contributed by atoms with Crippen LogP contribution < -0.4 is 0 Å². The number of hydrogen-bond acceptors (Lipinski definition) is 2. The second kappa shape index (κ2) is 4.30. The van der Waals surface area contributed by atoms with Crippen LogP contribution in [0, 0.1) is 5.92 Å². The van der Waals surface area contributed by atoms with Gasteiger partial charge in [-0.1, -0.05) is 42.0 Å². The Hall–Kier alpha value is -1.57. The number of methoxy groups -OCH3 is 1. The Morgan fingerprint density at radius 1 is 1.40 bits per heavy atom. The Morgan fingerprint density at radius 3 is 3.07 bits per heavy atom. The molecule has 0 aromatic heterocycles. The molecule has 0 amide bonds. The van der Waals surface area contributed by atoms with Crippen molar-refractivity contribution >= 4 is 5.97 Å². The van der Waals surface area contributed by atoms with Gasteiger partial charge in [0.25, 0.3) is 0 Å². The standard InChI is InChI=1S/C13H14O2/c1-15-13(14)12-8-7-10-5-3-2-4-6-11(12)9-10/h2-6,8,11H,7,9H2,1H3. The maximum absolute atomic E-state index is 11.5. The molecule has 0 aromatic rings. The summed E-state index contributed by atoms with van der Waals surface area (Å²) >= 11 is 0. The molecule has 2 aliphatic carbocycles. The third-order valence-corrected chi connectivity index (χ3v) is 2.78. The fraction of sp³-hybridized carbons (Fsp3) is 0.308. The molecule has 2 nitrogen and oxygen atoms in total. The van der Waals surface area contributed by atoms with Gasteiger partial charge in [-0.3, -0.25) is 0 Å². The molecule has 0 saturated heterocycles. The molecule has 78 valence electrons. The van der Waals surface area contributed by atoms with E-state index < -0.39 is 0 Å². The molecule has 2 bridgehead atoms. The van der Waals surface area contributed by atoms with Gasteiger partial charge in [-0.2, -0.15) is 0 Å². The van der Waals surface area contributed by atoms with Gasteiger partial charge in [0.15, 0.2) is 0 Å². The number of rotatable bonds is 1. The van der Waals surface area contributed by atoms with Crippen LogP contribution in [0.15, 0.2) is 47.6 Å². The molecular weight excluding hydrogens is 188 g/mol. The maximum atomic E-state index is 11.5. The van der Waals surface area contributed by atoms with Gasteiger partial charge in [0, 0.05) is 11.5 Å². The average Bonchev–Trinajstić information content (AvgIpc) is 2.25. The van der Waals surface area contributed by atoms with Crippen LogP contribution in [-0.4, -0.2) is 13.1 Å². The van der Waals surface area contributed by atoms with Crippen molar-refractivity contribution in [2.75, 3.05) is 7.11 Å². The van der Waals surface area contributed by atoms with Gasteiger partial charge in [-0.15, -0.1) is 0 Å². The second-order valence-electron chi connectivity index (χ2n) is 3.76. The molecule has 0 saturated carbocycles. The van der Waals surface area contributed by atoms with E-state index >= 15 is 0 Å². The zero-order valence-corrected chi connectivity index (χ0v) is 8.77. The molecule has 2 rings (SSSR count). The number of carbonyl (C=O) groups is 1. The largest absolute Gasteiger partial charge is 0.466 e. The highest BCUT2D eigenvalue weighted by molar-refractivity contribution is 5.89. The monoisotopic (exact) mass is 202 g/mol. The molecule has 0 spiro atoms. The number of carbonyl (C=O) groups excluding carboxylic acids is 1. The topological polar surface area (TPSA) is 26.3 Å². The van der Waals surface area contributed by atoms with E-state index in [9.17, 15) is 4.79 Å². The van der Waals surface area contributed by atoms with E-state index in [1.165, 1.54) is 12.7 Å². The predicted molar refractivity (Wildman–Crippen MR) is 59.2 cm³/mol. The van der Waals surface area contributed by atoms with Crippen molar-refractivity contribution in [3.05, 3.63) is 47.6 Å². The number of fused-ring (bicyclic) bond motifs is 2. The van der Waals surface area contributed by atoms with E-state index in [1.54, 1.807) is 0 Å². The third kappa shape index (κ3) is 2.09. The van der Waals surface area contributed by atoms with Crippen LogP contribution in [0.4, 0.5) is 0 Å². The Morgan fingerprint density at radius 2 is 2.27 bits per heavy atom. The van der Waals surface area contributed by atoms with E-state index in [0.29, 0.717) is 0 Å². The van der Waals surface area contributed by atoms with Gasteiger partial charge in [0.2, 0.25) is 0 Å². The molecule has 0 N–H and O–H groups in total. The third-order valence-electron chi connectivity index (χ3n) is 2.78. The predicted octanol–water partition coefficient (Wildman–Crippen LogP) is 2.55. The molecule has 2 aliphatic rings. The van der Waals surface area contributed by atoms with Gasteiger partial charge in [-0.25, -0.2) is 4.79 Å². The van der Waals surface area contributed by atoms with Crippen LogP contribution in [0.3, 0.4) is 0 Å². The minimum absolute atomic E-state index is 0.183. The summed E-state index contributed by atoms with van der Waals surface area (Å²) in [7, 11) is 1.43. The summed E-state index contributed by atoms with van der Waals surface area (Å²) in [5.41, 5.74) is 2.16. The van der Waals surface area contributed by atoms with E-state index in [0.717, 1.165) is 18.4 Å². The number of allylic oxidation sites excluding steroid dienone is 7. The van der Waals surface area contributed by atoms with Crippen LogP contribution in [0.1, 0.15) is 12.8 Å². The Bertz CT molecular complexity index is 383. The SMILES string of the molecule is COC(=O)C1=CCC2=CC=CC=CC1C2. The van der Waals surface area contributed by atoms with E-state index in [2.05, 4.69) is 12.2 Å². The minimum atomic E-state index is -0.201. The lowest BCUT2D eigenvalue weighted by Crippen LogP contribution is -2.17. The molecule has 2 heteroatoms. The summed E-state index contributed by atoms with van der Waals surface area (Å²) in [6.45, 7) is 0. The van der Waals surface area contributed by atoms with Crippen molar-refractivity contribution in [2.45, 2.75) is 12.8 Å². The summed E-state index contributed by atoms with van der Waals surface area (Å²) in [5, 5.41) is 0. The van der Waals surface area contributed by atoms with Crippen molar-refractivity contribution < 1.29 is 9.53 Å². The highest BCUT2D eigenvalue weighted by Gasteiger charge is 2.23. The summed E-state index contributed by atoms with van der Waals surface area (Å²) in [6, 6.07) is 0. The van der Waals surface area contributed by atoms with Gasteiger partial charge in [-0.05, 0) is 12.8 Å². The van der Waals surface area contributed by atoms with Crippen molar-refractivity contribution in [3.63, 3.8) is 0 Å². The van der Waals surface area contributed by atoms with Crippen LogP contribution in [0.2, 0.25) is 0 Å². The molecule has 0 radical (unpaired) electrons. The quantitative estimate of drug-likeness (QED) is 0.611. The van der Waals surface area contributed by atoms with Crippen LogP contribution >= 0.6 is 0 Å². The van der Waals surface area contributed by atoms with Gasteiger partial charge in [0.1, 0.15) is 0 Å². The van der Waals surface area contributed by atoms with Gasteiger partial charge < -0.3 is 4.74 Å². The zero-order valence-electron chi connectivity index (χ0n) is 8.77. The summed E-state index contributed by atoms with van der Waals surface area (Å²) < 4.78 is 4.77. The fourth-order valence-electron chi connectivity index (χ4n) is 1.98. The maximum Gasteiger partial charge on any atom is 0.334 e. The molecular formula is C13H14O2. The van der Waals surface area contributed by atoms with E-state index in [4.69, 9.17) is 4.74 Å². The smallest absolute Gasteiger partial charge is 0.334 e. The summed E-state index contributed by atoms with van der Waals surface area (Å²) in [6.07, 6.45) is 14.0.